The Kier molecular flexibility index (Phi) is 6.10. The van der Waals surface area contributed by atoms with Gasteiger partial charge < -0.3 is 0 Å². The summed E-state index contributed by atoms with van der Waals surface area (Å²) in [6.45, 7) is 5.29. The number of para-hydroxylation sites is 1. The van der Waals surface area contributed by atoms with Crippen molar-refractivity contribution >= 4 is 39.8 Å². The van der Waals surface area contributed by atoms with E-state index in [9.17, 15) is 9.18 Å². The number of thiazole rings is 1. The number of amides is 1. The molecule has 1 aromatic carbocycles. The number of halogens is 1. The molecule has 0 saturated carbocycles. The molecule has 158 valence electrons. The number of carbonyl (C=O) groups excluding carboxylic acids is 1. The van der Waals surface area contributed by atoms with Crippen molar-refractivity contribution < 1.29 is 9.18 Å². The normalized spacial score (nSPS) is 11.0. The molecule has 0 saturated heterocycles. The summed E-state index contributed by atoms with van der Waals surface area (Å²) in [5.74, 6) is 0.437. The van der Waals surface area contributed by atoms with E-state index in [2.05, 4.69) is 20.3 Å². The fourth-order valence-corrected chi connectivity index (χ4v) is 4.71. The molecule has 1 amide bonds. The second-order valence-electron chi connectivity index (χ2n) is 6.78. The summed E-state index contributed by atoms with van der Waals surface area (Å²) in [6.07, 6.45) is 0. The molecule has 3 heterocycles. The Hall–Kier alpha value is -3.11. The number of benzene rings is 1. The van der Waals surface area contributed by atoms with Gasteiger partial charge >= 0.3 is 0 Å². The van der Waals surface area contributed by atoms with Crippen molar-refractivity contribution in [2.24, 2.45) is 0 Å². The summed E-state index contributed by atoms with van der Waals surface area (Å²) in [5.41, 5.74) is 2.88. The summed E-state index contributed by atoms with van der Waals surface area (Å²) >= 11 is 2.78. The van der Waals surface area contributed by atoms with Crippen LogP contribution in [0.5, 0.6) is 0 Å². The van der Waals surface area contributed by atoms with Crippen LogP contribution in [-0.2, 0) is 10.5 Å². The van der Waals surface area contributed by atoms with Crippen molar-refractivity contribution in [3.63, 3.8) is 0 Å². The van der Waals surface area contributed by atoms with Crippen LogP contribution in [0, 0.1) is 19.7 Å². The predicted octanol–water partition coefficient (Wildman–Crippen LogP) is 4.85. The molecule has 0 spiro atoms. The maximum atomic E-state index is 14.2. The van der Waals surface area contributed by atoms with E-state index < -0.39 is 5.82 Å². The number of aryl methyl sites for hydroxylation is 2. The summed E-state index contributed by atoms with van der Waals surface area (Å²) in [6, 6.07) is 11.9. The molecule has 0 unspecified atom stereocenters. The van der Waals surface area contributed by atoms with Gasteiger partial charge in [0.2, 0.25) is 5.91 Å². The van der Waals surface area contributed by atoms with Crippen LogP contribution in [0.4, 0.5) is 15.2 Å². The molecule has 0 bridgehead atoms. The number of carbonyl (C=O) groups is 1. The number of nitrogens with zero attached hydrogens (tertiary/aromatic N) is 6. The lowest BCUT2D eigenvalue weighted by Crippen LogP contribution is -2.23. The van der Waals surface area contributed by atoms with E-state index in [-0.39, 0.29) is 11.6 Å². The molecule has 10 heteroatoms. The molecule has 0 N–H and O–H groups in total. The van der Waals surface area contributed by atoms with E-state index in [0.29, 0.717) is 16.7 Å². The van der Waals surface area contributed by atoms with Crippen LogP contribution < -0.4 is 4.90 Å². The van der Waals surface area contributed by atoms with E-state index in [1.807, 2.05) is 37.4 Å². The summed E-state index contributed by atoms with van der Waals surface area (Å²) in [4.78, 5) is 18.0. The van der Waals surface area contributed by atoms with Gasteiger partial charge in [0.25, 0.3) is 0 Å². The maximum absolute atomic E-state index is 14.2. The standard InChI is InChI=1S/C21H19FN6OS2/c1-13-10-14(2)28(26-13)19-8-9-20(25-24-19)30-11-16-12-31-21(23-16)27(15(3)29)18-7-5-4-6-17(18)22/h4-10,12H,11H2,1-3H3. The van der Waals surface area contributed by atoms with E-state index >= 15 is 0 Å². The highest BCUT2D eigenvalue weighted by molar-refractivity contribution is 7.98. The minimum Gasteiger partial charge on any atom is -0.274 e. The summed E-state index contributed by atoms with van der Waals surface area (Å²) in [5, 5.41) is 16.0. The molecule has 0 radical (unpaired) electrons. The molecule has 4 rings (SSSR count). The molecule has 0 fully saturated rings. The largest absolute Gasteiger partial charge is 0.274 e. The first-order valence-corrected chi connectivity index (χ1v) is 11.3. The van der Waals surface area contributed by atoms with Gasteiger partial charge in [-0.3, -0.25) is 9.69 Å². The van der Waals surface area contributed by atoms with Gasteiger partial charge in [-0.2, -0.15) is 5.10 Å². The third kappa shape index (κ3) is 4.64. The average molecular weight is 455 g/mol. The molecule has 0 atom stereocenters. The first-order valence-electron chi connectivity index (χ1n) is 9.42. The first kappa shape index (κ1) is 21.1. The van der Waals surface area contributed by atoms with Crippen LogP contribution in [0.15, 0.2) is 52.9 Å². The van der Waals surface area contributed by atoms with Crippen molar-refractivity contribution in [2.75, 3.05) is 4.90 Å². The van der Waals surface area contributed by atoms with Crippen molar-refractivity contribution in [3.05, 3.63) is 70.7 Å². The molecule has 0 aliphatic rings. The van der Waals surface area contributed by atoms with Gasteiger partial charge in [0.1, 0.15) is 10.8 Å². The van der Waals surface area contributed by atoms with Crippen LogP contribution in [-0.4, -0.2) is 30.9 Å². The van der Waals surface area contributed by atoms with Gasteiger partial charge in [-0.25, -0.2) is 14.1 Å². The van der Waals surface area contributed by atoms with Crippen LogP contribution in [0.3, 0.4) is 0 Å². The Morgan fingerprint density at radius 1 is 1.19 bits per heavy atom. The van der Waals surface area contributed by atoms with Crippen LogP contribution in [0.25, 0.3) is 5.82 Å². The second kappa shape index (κ2) is 8.94. The Morgan fingerprint density at radius 3 is 2.65 bits per heavy atom. The Labute approximate surface area is 187 Å². The number of anilines is 2. The van der Waals surface area contributed by atoms with Gasteiger partial charge in [-0.05, 0) is 44.2 Å². The number of rotatable bonds is 6. The summed E-state index contributed by atoms with van der Waals surface area (Å²) < 4.78 is 16.0. The molecule has 4 aromatic rings. The smallest absolute Gasteiger partial charge is 0.230 e. The zero-order valence-corrected chi connectivity index (χ0v) is 18.7. The summed E-state index contributed by atoms with van der Waals surface area (Å²) in [7, 11) is 0. The number of hydrogen-bond acceptors (Lipinski definition) is 7. The zero-order valence-electron chi connectivity index (χ0n) is 17.1. The van der Waals surface area contributed by atoms with E-state index in [0.717, 1.165) is 22.1 Å². The van der Waals surface area contributed by atoms with E-state index in [1.54, 1.807) is 22.9 Å². The molecule has 0 aliphatic carbocycles. The minimum atomic E-state index is -0.471. The minimum absolute atomic E-state index is 0.189. The van der Waals surface area contributed by atoms with Gasteiger partial charge in [0.05, 0.1) is 17.1 Å². The Balaban J connectivity index is 1.46. The Morgan fingerprint density at radius 2 is 2.00 bits per heavy atom. The van der Waals surface area contributed by atoms with Crippen molar-refractivity contribution in [3.8, 4) is 5.82 Å². The SMILES string of the molecule is CC(=O)N(c1nc(CSc2ccc(-n3nc(C)cc3C)nn2)cs1)c1ccccc1F. The van der Waals surface area contributed by atoms with E-state index in [4.69, 9.17) is 0 Å². The highest BCUT2D eigenvalue weighted by Crippen LogP contribution is 2.32. The van der Waals surface area contributed by atoms with E-state index in [1.165, 1.54) is 41.0 Å². The number of thioether (sulfide) groups is 1. The van der Waals surface area contributed by atoms with Crippen molar-refractivity contribution in [2.45, 2.75) is 31.6 Å². The van der Waals surface area contributed by atoms with Crippen LogP contribution >= 0.6 is 23.1 Å². The lowest BCUT2D eigenvalue weighted by molar-refractivity contribution is -0.115. The lowest BCUT2D eigenvalue weighted by atomic mass is 10.3. The monoisotopic (exact) mass is 454 g/mol. The van der Waals surface area contributed by atoms with Gasteiger partial charge in [-0.15, -0.1) is 21.5 Å². The van der Waals surface area contributed by atoms with Crippen molar-refractivity contribution in [1.82, 2.24) is 25.0 Å². The molecule has 7 nitrogen and oxygen atoms in total. The zero-order chi connectivity index (χ0) is 22.0. The fourth-order valence-electron chi connectivity index (χ4n) is 3.02. The highest BCUT2D eigenvalue weighted by atomic mass is 32.2. The van der Waals surface area contributed by atoms with Gasteiger partial charge in [0, 0.05) is 23.8 Å². The third-order valence-corrected chi connectivity index (χ3v) is 6.19. The van der Waals surface area contributed by atoms with Crippen molar-refractivity contribution in [1.29, 1.82) is 0 Å². The number of hydrogen-bond donors (Lipinski definition) is 0. The molecule has 0 aliphatic heterocycles. The fraction of sp³-hybridized carbons (Fsp3) is 0.190. The van der Waals surface area contributed by atoms with Crippen LogP contribution in [0.2, 0.25) is 0 Å². The quantitative estimate of drug-likeness (QED) is 0.388. The molecular weight excluding hydrogens is 435 g/mol. The third-order valence-electron chi connectivity index (χ3n) is 4.36. The first-order chi connectivity index (χ1) is 14.9. The molecular formula is C21H19FN6OS2. The van der Waals surface area contributed by atoms with Crippen LogP contribution in [0.1, 0.15) is 24.0 Å². The maximum Gasteiger partial charge on any atom is 0.230 e. The number of aromatic nitrogens is 5. The topological polar surface area (TPSA) is 76.8 Å². The molecule has 3 aromatic heterocycles. The highest BCUT2D eigenvalue weighted by Gasteiger charge is 2.21. The second-order valence-corrected chi connectivity index (χ2v) is 8.62. The van der Waals surface area contributed by atoms with Gasteiger partial charge in [0.15, 0.2) is 10.9 Å². The Bertz CT molecular complexity index is 1220. The lowest BCUT2D eigenvalue weighted by Gasteiger charge is -2.18. The van der Waals surface area contributed by atoms with Gasteiger partial charge in [-0.1, -0.05) is 23.9 Å². The predicted molar refractivity (Wildman–Crippen MR) is 120 cm³/mol. The average Bonchev–Trinajstić information content (AvgIpc) is 3.34. The molecule has 31 heavy (non-hydrogen) atoms.